The quantitative estimate of drug-likeness (QED) is 0.748. The van der Waals surface area contributed by atoms with E-state index in [1.807, 2.05) is 6.07 Å². The third kappa shape index (κ3) is 5.37. The van der Waals surface area contributed by atoms with E-state index in [0.29, 0.717) is 19.3 Å². The van der Waals surface area contributed by atoms with Crippen LogP contribution >= 0.6 is 11.6 Å². The highest BCUT2D eigenvalue weighted by atomic mass is 35.5. The minimum absolute atomic E-state index is 0.163. The van der Waals surface area contributed by atoms with Crippen LogP contribution in [-0.4, -0.2) is 32.5 Å². The topological polar surface area (TPSA) is 30.5 Å². The average Bonchev–Trinajstić information content (AvgIpc) is 2.95. The summed E-state index contributed by atoms with van der Waals surface area (Å²) in [6, 6.07) is 4.87. The lowest BCUT2D eigenvalue weighted by atomic mass is 10.2. The number of hydrogen-bond donors (Lipinski definition) is 1. The predicted octanol–water partition coefficient (Wildman–Crippen LogP) is 3.15. The van der Waals surface area contributed by atoms with Crippen molar-refractivity contribution in [1.29, 1.82) is 0 Å². The van der Waals surface area contributed by atoms with Gasteiger partial charge in [-0.15, -0.1) is 0 Å². The molecule has 0 radical (unpaired) electrons. The Kier molecular flexibility index (Phi) is 6.73. The monoisotopic (exact) mass is 301 g/mol. The number of benzene rings is 1. The Morgan fingerprint density at radius 2 is 2.35 bits per heavy atom. The van der Waals surface area contributed by atoms with Crippen LogP contribution in [0.25, 0.3) is 0 Å². The molecule has 1 aliphatic rings. The number of nitrogens with one attached hydrogen (secondary N) is 1. The van der Waals surface area contributed by atoms with Crippen LogP contribution < -0.4 is 5.32 Å². The third-order valence-electron chi connectivity index (χ3n) is 3.28. The summed E-state index contributed by atoms with van der Waals surface area (Å²) < 4.78 is 24.2. The zero-order valence-electron chi connectivity index (χ0n) is 11.5. The van der Waals surface area contributed by atoms with Crippen LogP contribution in [0, 0.1) is 5.82 Å². The van der Waals surface area contributed by atoms with Crippen molar-refractivity contribution in [2.75, 3.05) is 26.4 Å². The van der Waals surface area contributed by atoms with E-state index in [1.54, 1.807) is 6.07 Å². The molecule has 0 spiro atoms. The molecule has 0 aromatic heterocycles. The van der Waals surface area contributed by atoms with E-state index in [1.165, 1.54) is 6.07 Å². The maximum Gasteiger partial charge on any atom is 0.142 e. The highest BCUT2D eigenvalue weighted by Crippen LogP contribution is 2.15. The van der Waals surface area contributed by atoms with Gasteiger partial charge in [-0.25, -0.2) is 4.39 Å². The Balaban J connectivity index is 1.49. The van der Waals surface area contributed by atoms with Gasteiger partial charge >= 0.3 is 0 Å². The largest absolute Gasteiger partial charge is 0.379 e. The Morgan fingerprint density at radius 1 is 1.45 bits per heavy atom. The molecule has 0 saturated carbocycles. The fraction of sp³-hybridized carbons (Fsp3) is 0.600. The molecule has 112 valence electrons. The Labute approximate surface area is 124 Å². The van der Waals surface area contributed by atoms with Crippen LogP contribution in [0.5, 0.6) is 0 Å². The van der Waals surface area contributed by atoms with Crippen LogP contribution in [-0.2, 0) is 16.0 Å². The molecule has 1 aromatic carbocycles. The molecule has 1 saturated heterocycles. The molecule has 1 atom stereocenters. The highest BCUT2D eigenvalue weighted by Gasteiger charge is 2.14. The first-order valence-corrected chi connectivity index (χ1v) is 7.47. The normalized spacial score (nSPS) is 18.6. The molecule has 2 rings (SSSR count). The summed E-state index contributed by atoms with van der Waals surface area (Å²) in [7, 11) is 0. The van der Waals surface area contributed by atoms with Crippen molar-refractivity contribution in [1.82, 2.24) is 5.32 Å². The fourth-order valence-corrected chi connectivity index (χ4v) is 2.29. The molecule has 20 heavy (non-hydrogen) atoms. The van der Waals surface area contributed by atoms with E-state index >= 15 is 0 Å². The zero-order valence-corrected chi connectivity index (χ0v) is 12.3. The van der Waals surface area contributed by atoms with Crippen molar-refractivity contribution in [2.24, 2.45) is 0 Å². The maximum atomic E-state index is 13.2. The van der Waals surface area contributed by atoms with Crippen LogP contribution in [0.2, 0.25) is 5.02 Å². The van der Waals surface area contributed by atoms with E-state index in [2.05, 4.69) is 5.32 Å². The third-order valence-corrected chi connectivity index (χ3v) is 3.59. The minimum atomic E-state index is -0.370. The second-order valence-corrected chi connectivity index (χ2v) is 5.40. The van der Waals surface area contributed by atoms with Crippen LogP contribution in [0.15, 0.2) is 18.2 Å². The van der Waals surface area contributed by atoms with Crippen molar-refractivity contribution in [3.05, 3.63) is 34.6 Å². The summed E-state index contributed by atoms with van der Waals surface area (Å²) in [4.78, 5) is 0. The van der Waals surface area contributed by atoms with Gasteiger partial charge in [-0.1, -0.05) is 17.7 Å². The molecule has 1 N–H and O–H groups in total. The lowest BCUT2D eigenvalue weighted by Gasteiger charge is -2.10. The summed E-state index contributed by atoms with van der Waals surface area (Å²) in [5.41, 5.74) is 0.896. The second-order valence-electron chi connectivity index (χ2n) is 4.99. The summed E-state index contributed by atoms with van der Waals surface area (Å²) in [5, 5.41) is 3.42. The molecular weight excluding hydrogens is 281 g/mol. The Hall–Kier alpha value is -0.680. The van der Waals surface area contributed by atoms with Gasteiger partial charge in [-0.3, -0.25) is 0 Å². The SMILES string of the molecule is Fc1cc(CNCCCOCC2CCCO2)ccc1Cl. The lowest BCUT2D eigenvalue weighted by molar-refractivity contribution is 0.0166. The molecule has 1 fully saturated rings. The lowest BCUT2D eigenvalue weighted by Crippen LogP contribution is -2.19. The first kappa shape index (κ1) is 15.7. The van der Waals surface area contributed by atoms with Crippen LogP contribution in [0.4, 0.5) is 4.39 Å². The van der Waals surface area contributed by atoms with Crippen molar-refractivity contribution in [3.8, 4) is 0 Å². The van der Waals surface area contributed by atoms with E-state index in [4.69, 9.17) is 21.1 Å². The van der Waals surface area contributed by atoms with Gasteiger partial charge in [-0.2, -0.15) is 0 Å². The molecule has 3 nitrogen and oxygen atoms in total. The minimum Gasteiger partial charge on any atom is -0.379 e. The molecule has 0 amide bonds. The smallest absolute Gasteiger partial charge is 0.142 e. The van der Waals surface area contributed by atoms with Gasteiger partial charge in [0.1, 0.15) is 5.82 Å². The van der Waals surface area contributed by atoms with Crippen molar-refractivity contribution in [3.63, 3.8) is 0 Å². The highest BCUT2D eigenvalue weighted by molar-refractivity contribution is 6.30. The summed E-state index contributed by atoms with van der Waals surface area (Å²) in [5.74, 6) is -0.370. The van der Waals surface area contributed by atoms with E-state index in [-0.39, 0.29) is 10.8 Å². The number of hydrogen-bond acceptors (Lipinski definition) is 3. The molecule has 1 aliphatic heterocycles. The first-order chi connectivity index (χ1) is 9.75. The van der Waals surface area contributed by atoms with Gasteiger partial charge < -0.3 is 14.8 Å². The van der Waals surface area contributed by atoms with Gasteiger partial charge in [0.2, 0.25) is 0 Å². The van der Waals surface area contributed by atoms with Crippen molar-refractivity contribution < 1.29 is 13.9 Å². The van der Waals surface area contributed by atoms with Crippen molar-refractivity contribution in [2.45, 2.75) is 31.9 Å². The fourth-order valence-electron chi connectivity index (χ4n) is 2.17. The molecule has 1 aromatic rings. The molecule has 5 heteroatoms. The van der Waals surface area contributed by atoms with Gasteiger partial charge in [0.05, 0.1) is 17.7 Å². The Bertz CT molecular complexity index is 411. The van der Waals surface area contributed by atoms with Gasteiger partial charge in [0, 0.05) is 19.8 Å². The molecule has 0 aliphatic carbocycles. The molecular formula is C15H21ClFNO2. The molecule has 1 unspecified atom stereocenters. The molecule has 0 bridgehead atoms. The summed E-state index contributed by atoms with van der Waals surface area (Å²) in [6.45, 7) is 3.77. The standard InChI is InChI=1S/C15H21ClFNO2/c16-14-5-4-12(9-15(14)17)10-18-6-2-7-19-11-13-3-1-8-20-13/h4-5,9,13,18H,1-3,6-8,10-11H2. The number of ether oxygens (including phenoxy) is 2. The second kappa shape index (κ2) is 8.57. The van der Waals surface area contributed by atoms with Crippen LogP contribution in [0.3, 0.4) is 0 Å². The van der Waals surface area contributed by atoms with Gasteiger partial charge in [0.25, 0.3) is 0 Å². The average molecular weight is 302 g/mol. The zero-order chi connectivity index (χ0) is 14.2. The predicted molar refractivity (Wildman–Crippen MR) is 77.5 cm³/mol. The van der Waals surface area contributed by atoms with Gasteiger partial charge in [-0.05, 0) is 43.5 Å². The van der Waals surface area contributed by atoms with Crippen LogP contribution in [0.1, 0.15) is 24.8 Å². The van der Waals surface area contributed by atoms with E-state index in [0.717, 1.165) is 44.6 Å². The van der Waals surface area contributed by atoms with E-state index in [9.17, 15) is 4.39 Å². The van der Waals surface area contributed by atoms with Crippen molar-refractivity contribution >= 4 is 11.6 Å². The summed E-state index contributed by atoms with van der Waals surface area (Å²) in [6.07, 6.45) is 3.48. The van der Waals surface area contributed by atoms with E-state index < -0.39 is 0 Å². The van der Waals surface area contributed by atoms with Gasteiger partial charge in [0.15, 0.2) is 0 Å². The number of halogens is 2. The first-order valence-electron chi connectivity index (χ1n) is 7.09. The maximum absolute atomic E-state index is 13.2. The summed E-state index contributed by atoms with van der Waals surface area (Å²) >= 11 is 5.63. The Morgan fingerprint density at radius 3 is 3.10 bits per heavy atom. The number of rotatable bonds is 8. The molecule has 1 heterocycles.